The molecule has 2 rings (SSSR count). The van der Waals surface area contributed by atoms with E-state index in [1.165, 1.54) is 0 Å². The predicted octanol–water partition coefficient (Wildman–Crippen LogP) is 4.54. The van der Waals surface area contributed by atoms with Gasteiger partial charge >= 0.3 is 0 Å². The summed E-state index contributed by atoms with van der Waals surface area (Å²) in [5.74, 6) is 1.48. The zero-order valence-corrected chi connectivity index (χ0v) is 13.6. The molecule has 0 radical (unpaired) electrons. The zero-order valence-electron chi connectivity index (χ0n) is 10.5. The highest BCUT2D eigenvalue weighted by Gasteiger charge is 2.05. The molecule has 0 aliphatic rings. The van der Waals surface area contributed by atoms with Crippen LogP contribution in [0.3, 0.4) is 0 Å². The van der Waals surface area contributed by atoms with Crippen LogP contribution in [0.25, 0.3) is 0 Å². The van der Waals surface area contributed by atoms with E-state index in [2.05, 4.69) is 37.9 Å². The summed E-state index contributed by atoms with van der Waals surface area (Å²) in [6.07, 6.45) is 0. The van der Waals surface area contributed by atoms with Crippen LogP contribution in [-0.2, 0) is 0 Å². The molecule has 3 nitrogen and oxygen atoms in total. The van der Waals surface area contributed by atoms with E-state index in [1.807, 2.05) is 18.2 Å². The summed E-state index contributed by atoms with van der Waals surface area (Å²) >= 11 is 6.87. The predicted molar refractivity (Wildman–Crippen MR) is 84.0 cm³/mol. The molecule has 2 aromatic carbocycles. The largest absolute Gasteiger partial charge is 0.490 e. The first-order chi connectivity index (χ1) is 9.70. The lowest BCUT2D eigenvalue weighted by molar-refractivity contribution is 0.215. The highest BCUT2D eigenvalue weighted by atomic mass is 79.9. The lowest BCUT2D eigenvalue weighted by Crippen LogP contribution is -2.09. The fourth-order valence-electron chi connectivity index (χ4n) is 1.55. The van der Waals surface area contributed by atoms with E-state index in [9.17, 15) is 0 Å². The van der Waals surface area contributed by atoms with E-state index in [1.54, 1.807) is 24.3 Å². The number of ether oxygens (including phenoxy) is 2. The van der Waals surface area contributed by atoms with Gasteiger partial charge in [0, 0.05) is 0 Å². The lowest BCUT2D eigenvalue weighted by atomic mass is 10.2. The normalized spacial score (nSPS) is 9.85. The number of halogens is 2. The Labute approximate surface area is 134 Å². The van der Waals surface area contributed by atoms with E-state index in [0.717, 1.165) is 20.4 Å². The van der Waals surface area contributed by atoms with Gasteiger partial charge in [-0.1, -0.05) is 6.07 Å². The van der Waals surface area contributed by atoms with E-state index in [0.29, 0.717) is 18.8 Å². The first kappa shape index (κ1) is 14.9. The average Bonchev–Trinajstić information content (AvgIpc) is 2.46. The van der Waals surface area contributed by atoms with Crippen LogP contribution in [0.4, 0.5) is 0 Å². The number of nitrogens with zero attached hydrogens (tertiary/aromatic N) is 1. The lowest BCUT2D eigenvalue weighted by Gasteiger charge is -2.11. The Morgan fingerprint density at radius 2 is 1.50 bits per heavy atom. The van der Waals surface area contributed by atoms with Crippen molar-refractivity contribution in [2.45, 2.75) is 0 Å². The van der Waals surface area contributed by atoms with Gasteiger partial charge in [0.25, 0.3) is 0 Å². The molecule has 20 heavy (non-hydrogen) atoms. The van der Waals surface area contributed by atoms with Gasteiger partial charge in [-0.15, -0.1) is 0 Å². The second-order valence-corrected chi connectivity index (χ2v) is 5.59. The van der Waals surface area contributed by atoms with Gasteiger partial charge < -0.3 is 9.47 Å². The number of para-hydroxylation sites is 1. The summed E-state index contributed by atoms with van der Waals surface area (Å²) in [6.45, 7) is 0.862. The fraction of sp³-hybridized carbons (Fsp3) is 0.133. The Morgan fingerprint density at radius 1 is 0.900 bits per heavy atom. The van der Waals surface area contributed by atoms with E-state index >= 15 is 0 Å². The van der Waals surface area contributed by atoms with Crippen LogP contribution < -0.4 is 9.47 Å². The van der Waals surface area contributed by atoms with Crippen molar-refractivity contribution in [2.75, 3.05) is 13.2 Å². The topological polar surface area (TPSA) is 42.2 Å². The van der Waals surface area contributed by atoms with Crippen molar-refractivity contribution >= 4 is 31.9 Å². The zero-order chi connectivity index (χ0) is 14.4. The fourth-order valence-corrected chi connectivity index (χ4v) is 2.78. The van der Waals surface area contributed by atoms with E-state index in [-0.39, 0.29) is 0 Å². The van der Waals surface area contributed by atoms with Crippen LogP contribution in [0, 0.1) is 11.3 Å². The van der Waals surface area contributed by atoms with Gasteiger partial charge in [0.2, 0.25) is 0 Å². The monoisotopic (exact) mass is 395 g/mol. The third-order valence-corrected chi connectivity index (χ3v) is 3.75. The van der Waals surface area contributed by atoms with E-state index in [4.69, 9.17) is 14.7 Å². The summed E-state index contributed by atoms with van der Waals surface area (Å²) < 4.78 is 13.0. The van der Waals surface area contributed by atoms with Crippen molar-refractivity contribution in [3.05, 3.63) is 57.0 Å². The molecule has 0 aromatic heterocycles. The Bertz CT molecular complexity index is 601. The summed E-state index contributed by atoms with van der Waals surface area (Å²) in [7, 11) is 0. The smallest absolute Gasteiger partial charge is 0.147 e. The second kappa shape index (κ2) is 7.32. The molecule has 0 aliphatic heterocycles. The third-order valence-electron chi connectivity index (χ3n) is 2.50. The number of nitriles is 1. The summed E-state index contributed by atoms with van der Waals surface area (Å²) in [6, 6.07) is 14.8. The molecule has 0 saturated carbocycles. The minimum atomic E-state index is 0.430. The molecule has 0 aliphatic carbocycles. The van der Waals surface area contributed by atoms with Crippen LogP contribution in [0.1, 0.15) is 5.56 Å². The molecule has 0 unspecified atom stereocenters. The molecule has 0 spiro atoms. The Hall–Kier alpha value is -1.51. The average molecular weight is 397 g/mol. The van der Waals surface area contributed by atoms with Crippen molar-refractivity contribution < 1.29 is 9.47 Å². The first-order valence-electron chi connectivity index (χ1n) is 5.90. The maximum absolute atomic E-state index is 8.70. The van der Waals surface area contributed by atoms with Crippen molar-refractivity contribution in [1.29, 1.82) is 5.26 Å². The van der Waals surface area contributed by atoms with Gasteiger partial charge in [-0.05, 0) is 68.3 Å². The molecule has 102 valence electrons. The summed E-state index contributed by atoms with van der Waals surface area (Å²) in [5, 5.41) is 8.70. The van der Waals surface area contributed by atoms with Gasteiger partial charge in [0.15, 0.2) is 0 Å². The molecule has 0 saturated heterocycles. The van der Waals surface area contributed by atoms with Crippen molar-refractivity contribution in [3.63, 3.8) is 0 Å². The van der Waals surface area contributed by atoms with Gasteiger partial charge in [0.1, 0.15) is 24.7 Å². The Kier molecular flexibility index (Phi) is 5.45. The molecular weight excluding hydrogens is 386 g/mol. The number of benzene rings is 2. The van der Waals surface area contributed by atoms with Crippen LogP contribution in [0.15, 0.2) is 51.4 Å². The number of hydrogen-bond acceptors (Lipinski definition) is 3. The molecule has 0 atom stereocenters. The molecule has 0 fully saturated rings. The van der Waals surface area contributed by atoms with Gasteiger partial charge in [0.05, 0.1) is 20.6 Å². The Balaban J connectivity index is 1.83. The summed E-state index contributed by atoms with van der Waals surface area (Å²) in [5.41, 5.74) is 0.616. The molecule has 0 N–H and O–H groups in total. The minimum absolute atomic E-state index is 0.430. The van der Waals surface area contributed by atoms with Gasteiger partial charge in [-0.2, -0.15) is 5.26 Å². The van der Waals surface area contributed by atoms with Crippen LogP contribution >= 0.6 is 31.9 Å². The van der Waals surface area contributed by atoms with Crippen LogP contribution in [-0.4, -0.2) is 13.2 Å². The number of rotatable bonds is 5. The van der Waals surface area contributed by atoms with Crippen LogP contribution in [0.5, 0.6) is 11.5 Å². The van der Waals surface area contributed by atoms with Gasteiger partial charge in [-0.3, -0.25) is 0 Å². The SMILES string of the molecule is N#Cc1ccc(OCCOc2c(Br)cccc2Br)cc1. The molecule has 2 aromatic rings. The molecule has 0 amide bonds. The second-order valence-electron chi connectivity index (χ2n) is 3.88. The summed E-state index contributed by atoms with van der Waals surface area (Å²) in [4.78, 5) is 0. The third kappa shape index (κ3) is 3.99. The molecular formula is C15H11Br2NO2. The molecule has 5 heteroatoms. The highest BCUT2D eigenvalue weighted by Crippen LogP contribution is 2.32. The number of hydrogen-bond donors (Lipinski definition) is 0. The highest BCUT2D eigenvalue weighted by molar-refractivity contribution is 9.11. The van der Waals surface area contributed by atoms with Crippen molar-refractivity contribution in [1.82, 2.24) is 0 Å². The molecule has 0 heterocycles. The maximum atomic E-state index is 8.70. The quantitative estimate of drug-likeness (QED) is 0.696. The van der Waals surface area contributed by atoms with Crippen LogP contribution in [0.2, 0.25) is 0 Å². The Morgan fingerprint density at radius 3 is 2.10 bits per heavy atom. The first-order valence-corrected chi connectivity index (χ1v) is 7.49. The maximum Gasteiger partial charge on any atom is 0.147 e. The van der Waals surface area contributed by atoms with Crippen molar-refractivity contribution in [3.8, 4) is 17.6 Å². The van der Waals surface area contributed by atoms with Gasteiger partial charge in [-0.25, -0.2) is 0 Å². The standard InChI is InChI=1S/C15H11Br2NO2/c16-13-2-1-3-14(17)15(13)20-9-8-19-12-6-4-11(10-18)5-7-12/h1-7H,8-9H2. The van der Waals surface area contributed by atoms with E-state index < -0.39 is 0 Å². The minimum Gasteiger partial charge on any atom is -0.490 e. The molecule has 0 bridgehead atoms. The van der Waals surface area contributed by atoms with Crippen molar-refractivity contribution in [2.24, 2.45) is 0 Å².